The third kappa shape index (κ3) is 1.37. The van der Waals surface area contributed by atoms with E-state index >= 15 is 0 Å². The van der Waals surface area contributed by atoms with Crippen molar-refractivity contribution in [1.29, 1.82) is 0 Å². The Labute approximate surface area is 79.4 Å². The number of anilines is 1. The monoisotopic (exact) mass is 191 g/mol. The first-order valence-corrected chi connectivity index (χ1v) is 4.02. The van der Waals surface area contributed by atoms with Gasteiger partial charge in [-0.3, -0.25) is 4.79 Å². The Hall–Kier alpha value is -2.11. The highest BCUT2D eigenvalue weighted by Gasteiger charge is 2.06. The lowest BCUT2D eigenvalue weighted by Gasteiger charge is -1.91. The minimum Gasteiger partial charge on any atom is -0.368 e. The fourth-order valence-corrected chi connectivity index (χ4v) is 1.10. The van der Waals surface area contributed by atoms with Crippen molar-refractivity contribution in [1.82, 2.24) is 19.7 Å². The summed E-state index contributed by atoms with van der Waals surface area (Å²) in [7, 11) is 1.69. The molecule has 3 N–H and O–H groups in total. The maximum Gasteiger partial charge on any atom is 0.248 e. The van der Waals surface area contributed by atoms with Crippen molar-refractivity contribution in [2.45, 2.75) is 0 Å². The van der Waals surface area contributed by atoms with E-state index < -0.39 is 0 Å². The zero-order valence-electron chi connectivity index (χ0n) is 7.56. The van der Waals surface area contributed by atoms with E-state index in [1.54, 1.807) is 19.3 Å². The average Bonchev–Trinajstić information content (AvgIpc) is 2.47. The van der Waals surface area contributed by atoms with Crippen LogP contribution >= 0.6 is 0 Å². The van der Waals surface area contributed by atoms with Crippen molar-refractivity contribution in [3.63, 3.8) is 0 Å². The number of aromatic amines is 1. The van der Waals surface area contributed by atoms with Gasteiger partial charge in [0.25, 0.3) is 0 Å². The SMILES string of the molecule is Cn1nc(-c2cc[nH]c(=O)c2)nc1N. The van der Waals surface area contributed by atoms with Crippen LogP contribution < -0.4 is 11.3 Å². The molecule has 6 nitrogen and oxygen atoms in total. The summed E-state index contributed by atoms with van der Waals surface area (Å²) in [5.41, 5.74) is 5.99. The first kappa shape index (κ1) is 8.49. The molecule has 2 heterocycles. The van der Waals surface area contributed by atoms with Crippen molar-refractivity contribution in [2.24, 2.45) is 7.05 Å². The number of aryl methyl sites for hydroxylation is 1. The van der Waals surface area contributed by atoms with Gasteiger partial charge in [-0.15, -0.1) is 5.10 Å². The second-order valence-corrected chi connectivity index (χ2v) is 2.86. The molecule has 0 aliphatic heterocycles. The van der Waals surface area contributed by atoms with Crippen molar-refractivity contribution in [3.8, 4) is 11.4 Å². The largest absolute Gasteiger partial charge is 0.368 e. The van der Waals surface area contributed by atoms with E-state index in [9.17, 15) is 4.79 Å². The normalized spacial score (nSPS) is 10.4. The lowest BCUT2D eigenvalue weighted by Crippen LogP contribution is -2.02. The van der Waals surface area contributed by atoms with E-state index in [1.165, 1.54) is 10.7 Å². The van der Waals surface area contributed by atoms with Gasteiger partial charge in [0.15, 0.2) is 5.82 Å². The maximum atomic E-state index is 11.0. The molecule has 6 heteroatoms. The third-order valence-electron chi connectivity index (χ3n) is 1.83. The molecule has 0 unspecified atom stereocenters. The summed E-state index contributed by atoms with van der Waals surface area (Å²) in [6.07, 6.45) is 1.55. The van der Waals surface area contributed by atoms with Gasteiger partial charge in [0, 0.05) is 24.9 Å². The molecular formula is C8H9N5O. The van der Waals surface area contributed by atoms with E-state index in [4.69, 9.17) is 5.73 Å². The van der Waals surface area contributed by atoms with Gasteiger partial charge in [-0.25, -0.2) is 4.68 Å². The van der Waals surface area contributed by atoms with Crippen LogP contribution in [0.5, 0.6) is 0 Å². The second-order valence-electron chi connectivity index (χ2n) is 2.86. The van der Waals surface area contributed by atoms with E-state index in [0.717, 1.165) is 0 Å². The zero-order valence-corrected chi connectivity index (χ0v) is 7.56. The molecular weight excluding hydrogens is 182 g/mol. The number of H-pyrrole nitrogens is 1. The summed E-state index contributed by atoms with van der Waals surface area (Å²) in [5.74, 6) is 0.774. The first-order chi connectivity index (χ1) is 6.66. The van der Waals surface area contributed by atoms with Crippen LogP contribution in [0, 0.1) is 0 Å². The predicted octanol–water partition coefficient (Wildman–Crippen LogP) is -0.247. The molecule has 0 aliphatic rings. The Morgan fingerprint density at radius 1 is 1.57 bits per heavy atom. The van der Waals surface area contributed by atoms with Crippen LogP contribution in [0.1, 0.15) is 0 Å². The molecule has 0 saturated heterocycles. The third-order valence-corrected chi connectivity index (χ3v) is 1.83. The number of nitrogens with two attached hydrogens (primary N) is 1. The fraction of sp³-hybridized carbons (Fsp3) is 0.125. The first-order valence-electron chi connectivity index (χ1n) is 4.02. The highest BCUT2D eigenvalue weighted by Crippen LogP contribution is 2.12. The Kier molecular flexibility index (Phi) is 1.81. The molecule has 0 fully saturated rings. The average molecular weight is 191 g/mol. The molecule has 2 rings (SSSR count). The van der Waals surface area contributed by atoms with Gasteiger partial charge in [0.05, 0.1) is 0 Å². The number of rotatable bonds is 1. The Morgan fingerprint density at radius 3 is 2.93 bits per heavy atom. The number of aromatic nitrogens is 4. The number of nitrogen functional groups attached to an aromatic ring is 1. The van der Waals surface area contributed by atoms with Crippen LogP contribution in [0.15, 0.2) is 23.1 Å². The molecule has 0 atom stereocenters. The molecule has 0 amide bonds. The summed E-state index contributed by atoms with van der Waals surface area (Å²) in [4.78, 5) is 17.5. The lowest BCUT2D eigenvalue weighted by molar-refractivity contribution is 0.781. The Bertz CT molecular complexity index is 493. The molecule has 0 bridgehead atoms. The van der Waals surface area contributed by atoms with Crippen LogP contribution in [0.25, 0.3) is 11.4 Å². The quantitative estimate of drug-likeness (QED) is 0.650. The van der Waals surface area contributed by atoms with Crippen LogP contribution in [0.4, 0.5) is 5.95 Å². The zero-order chi connectivity index (χ0) is 10.1. The minimum atomic E-state index is -0.187. The van der Waals surface area contributed by atoms with Gasteiger partial charge in [-0.1, -0.05) is 0 Å². The van der Waals surface area contributed by atoms with Crippen molar-refractivity contribution in [3.05, 3.63) is 28.7 Å². The van der Waals surface area contributed by atoms with E-state index in [0.29, 0.717) is 17.3 Å². The van der Waals surface area contributed by atoms with Crippen LogP contribution in [0.2, 0.25) is 0 Å². The van der Waals surface area contributed by atoms with Gasteiger partial charge < -0.3 is 10.7 Å². The van der Waals surface area contributed by atoms with E-state index in [2.05, 4.69) is 15.1 Å². The van der Waals surface area contributed by atoms with Crippen molar-refractivity contribution in [2.75, 3.05) is 5.73 Å². The number of nitrogens with zero attached hydrogens (tertiary/aromatic N) is 3. The van der Waals surface area contributed by atoms with Gasteiger partial charge in [0.2, 0.25) is 11.5 Å². The smallest absolute Gasteiger partial charge is 0.248 e. The minimum absolute atomic E-state index is 0.187. The number of nitrogens with one attached hydrogen (secondary N) is 1. The fourth-order valence-electron chi connectivity index (χ4n) is 1.10. The van der Waals surface area contributed by atoms with Gasteiger partial charge in [-0.2, -0.15) is 4.98 Å². The summed E-state index contributed by atoms with van der Waals surface area (Å²) in [6.45, 7) is 0. The summed E-state index contributed by atoms with van der Waals surface area (Å²) >= 11 is 0. The van der Waals surface area contributed by atoms with Crippen molar-refractivity contribution >= 4 is 5.95 Å². The molecule has 0 aliphatic carbocycles. The number of hydrogen-bond acceptors (Lipinski definition) is 4. The van der Waals surface area contributed by atoms with E-state index in [1.807, 2.05) is 0 Å². The maximum absolute atomic E-state index is 11.0. The van der Waals surface area contributed by atoms with Crippen LogP contribution in [-0.4, -0.2) is 19.7 Å². The summed E-state index contributed by atoms with van der Waals surface area (Å²) in [5, 5.41) is 4.05. The topological polar surface area (TPSA) is 89.6 Å². The number of hydrogen-bond donors (Lipinski definition) is 2. The van der Waals surface area contributed by atoms with Gasteiger partial charge in [-0.05, 0) is 6.07 Å². The molecule has 14 heavy (non-hydrogen) atoms. The van der Waals surface area contributed by atoms with Crippen LogP contribution in [0.3, 0.4) is 0 Å². The second kappa shape index (κ2) is 2.99. The van der Waals surface area contributed by atoms with Gasteiger partial charge >= 0.3 is 0 Å². The predicted molar refractivity (Wildman–Crippen MR) is 51.5 cm³/mol. The van der Waals surface area contributed by atoms with E-state index in [-0.39, 0.29) is 5.56 Å². The standard InChI is InChI=1S/C8H9N5O/c1-13-8(9)11-7(12-13)5-2-3-10-6(14)4-5/h2-4H,1H3,(H,10,14)(H2,9,11,12). The highest BCUT2D eigenvalue weighted by molar-refractivity contribution is 5.54. The number of pyridine rings is 1. The van der Waals surface area contributed by atoms with Crippen LogP contribution in [-0.2, 0) is 7.05 Å². The van der Waals surface area contributed by atoms with Gasteiger partial charge in [0.1, 0.15) is 0 Å². The Balaban J connectivity index is 2.54. The summed E-state index contributed by atoms with van der Waals surface area (Å²) in [6, 6.07) is 3.14. The molecule has 2 aromatic heterocycles. The van der Waals surface area contributed by atoms with Crippen molar-refractivity contribution < 1.29 is 0 Å². The highest BCUT2D eigenvalue weighted by atomic mass is 16.1. The lowest BCUT2D eigenvalue weighted by atomic mass is 10.2. The molecule has 72 valence electrons. The summed E-state index contributed by atoms with van der Waals surface area (Å²) < 4.78 is 1.45. The molecule has 0 aromatic carbocycles. The molecule has 2 aromatic rings. The Morgan fingerprint density at radius 2 is 2.36 bits per heavy atom. The molecule has 0 spiro atoms. The molecule has 0 radical (unpaired) electrons. The molecule has 0 saturated carbocycles.